The number of rotatable bonds is 4. The van der Waals surface area contributed by atoms with E-state index in [1.54, 1.807) is 0 Å². The topological polar surface area (TPSA) is 71.8 Å². The second kappa shape index (κ2) is 7.24. The maximum atomic E-state index is 13.2. The summed E-state index contributed by atoms with van der Waals surface area (Å²) in [6, 6.07) is 3.53. The Bertz CT molecular complexity index is 828. The smallest absolute Gasteiger partial charge is 0.323 e. The number of aliphatic hydroxyl groups excluding tert-OH is 1. The van der Waals surface area contributed by atoms with Gasteiger partial charge < -0.3 is 14.4 Å². The first-order chi connectivity index (χ1) is 13.1. The number of likely N-dealkylation sites (N-methyl/N-ethyl adjacent to an activating group) is 1. The van der Waals surface area contributed by atoms with Gasteiger partial charge in [0, 0.05) is 36.2 Å². The van der Waals surface area contributed by atoms with Crippen LogP contribution in [0.5, 0.6) is 0 Å². The molecule has 0 amide bonds. The van der Waals surface area contributed by atoms with Crippen LogP contribution < -0.4 is 5.56 Å². The molecular formula is C21H28N2O4. The first-order valence-corrected chi connectivity index (χ1v) is 10.00. The van der Waals surface area contributed by atoms with Crippen LogP contribution in [0.2, 0.25) is 0 Å². The second-order valence-electron chi connectivity index (χ2n) is 7.82. The van der Waals surface area contributed by atoms with E-state index in [1.165, 1.54) is 13.5 Å². The highest BCUT2D eigenvalue weighted by Crippen LogP contribution is 2.49. The van der Waals surface area contributed by atoms with Crippen molar-refractivity contribution in [2.45, 2.75) is 51.2 Å². The fraction of sp³-hybridized carbons (Fsp3) is 0.619. The molecule has 3 aliphatic rings. The Kier molecular flexibility index (Phi) is 4.95. The first-order valence-electron chi connectivity index (χ1n) is 10.00. The van der Waals surface area contributed by atoms with E-state index >= 15 is 0 Å². The van der Waals surface area contributed by atoms with Gasteiger partial charge in [-0.05, 0) is 49.9 Å². The van der Waals surface area contributed by atoms with E-state index in [0.717, 1.165) is 36.1 Å². The summed E-state index contributed by atoms with van der Waals surface area (Å²) in [6.45, 7) is 3.14. The first kappa shape index (κ1) is 18.4. The molecule has 0 saturated carbocycles. The van der Waals surface area contributed by atoms with Gasteiger partial charge in [-0.1, -0.05) is 13.0 Å². The average Bonchev–Trinajstić information content (AvgIpc) is 3.23. The number of hydrogen-bond donors (Lipinski definition) is 1. The Morgan fingerprint density at radius 3 is 2.78 bits per heavy atom. The largest absolute Gasteiger partial charge is 0.468 e. The van der Waals surface area contributed by atoms with Crippen molar-refractivity contribution in [1.29, 1.82) is 0 Å². The van der Waals surface area contributed by atoms with Crippen molar-refractivity contribution in [3.05, 3.63) is 39.8 Å². The lowest BCUT2D eigenvalue weighted by atomic mass is 9.88. The van der Waals surface area contributed by atoms with Gasteiger partial charge in [-0.15, -0.1) is 0 Å². The molecule has 6 heteroatoms. The molecular weight excluding hydrogens is 344 g/mol. The molecule has 146 valence electrons. The Balaban J connectivity index is 1.76. The summed E-state index contributed by atoms with van der Waals surface area (Å²) >= 11 is 0. The number of likely N-dealkylation sites (tertiary alicyclic amines) is 1. The third-order valence-corrected chi connectivity index (χ3v) is 6.64. The highest BCUT2D eigenvalue weighted by atomic mass is 16.5. The predicted octanol–water partition coefficient (Wildman–Crippen LogP) is 1.96. The second-order valence-corrected chi connectivity index (χ2v) is 7.82. The van der Waals surface area contributed by atoms with Gasteiger partial charge in [0.05, 0.1) is 13.2 Å². The Labute approximate surface area is 159 Å². The summed E-state index contributed by atoms with van der Waals surface area (Å²) in [4.78, 5) is 27.7. The number of nitrogens with zero attached hydrogens (tertiary/aromatic N) is 2. The van der Waals surface area contributed by atoms with Crippen LogP contribution in [0.25, 0.3) is 5.57 Å². The van der Waals surface area contributed by atoms with Gasteiger partial charge in [-0.2, -0.15) is 0 Å². The standard InChI is InChI=1S/C21H28N2O4/c1-3-22-18-15(16(12-24)19(22)21(26)27-2)11-23-17(18)10-9-14(20(23)25)13-7-5-4-6-8-13/h7,9-10,15-16,18-19,24H,3-6,8,11-12H2,1-2H3/t15-,16-,18+,19-/m1/s1. The molecule has 0 radical (unpaired) electrons. The number of carbonyl (C=O) groups excluding carboxylic acids is 1. The molecule has 1 fully saturated rings. The zero-order chi connectivity index (χ0) is 19.1. The van der Waals surface area contributed by atoms with Crippen molar-refractivity contribution >= 4 is 11.5 Å². The lowest BCUT2D eigenvalue weighted by Gasteiger charge is -2.28. The van der Waals surface area contributed by atoms with E-state index < -0.39 is 6.04 Å². The zero-order valence-electron chi connectivity index (χ0n) is 16.1. The Hall–Kier alpha value is -1.92. The van der Waals surface area contributed by atoms with Crippen molar-refractivity contribution in [2.24, 2.45) is 11.8 Å². The molecule has 6 nitrogen and oxygen atoms in total. The maximum absolute atomic E-state index is 13.2. The van der Waals surface area contributed by atoms with Crippen molar-refractivity contribution in [1.82, 2.24) is 9.47 Å². The SMILES string of the molecule is CCN1[C@@H]2c3ccc(C4=CCCCC4)c(=O)n3C[C@@H]2[C@@H](CO)[C@@H]1C(=O)OC. The summed E-state index contributed by atoms with van der Waals surface area (Å²) in [5.74, 6) is -0.482. The van der Waals surface area contributed by atoms with Gasteiger partial charge in [0.25, 0.3) is 5.56 Å². The van der Waals surface area contributed by atoms with Crippen LogP contribution in [-0.2, 0) is 16.1 Å². The van der Waals surface area contributed by atoms with Crippen LogP contribution in [0, 0.1) is 11.8 Å². The van der Waals surface area contributed by atoms with Gasteiger partial charge in [0.15, 0.2) is 0 Å². The molecule has 0 bridgehead atoms. The molecule has 4 atom stereocenters. The van der Waals surface area contributed by atoms with Crippen LogP contribution in [0.15, 0.2) is 23.0 Å². The number of aromatic nitrogens is 1. The maximum Gasteiger partial charge on any atom is 0.323 e. The molecule has 1 saturated heterocycles. The van der Waals surface area contributed by atoms with Gasteiger partial charge in [0.1, 0.15) is 6.04 Å². The molecule has 2 aliphatic heterocycles. The van der Waals surface area contributed by atoms with Crippen LogP contribution in [0.4, 0.5) is 0 Å². The van der Waals surface area contributed by atoms with Crippen molar-refractivity contribution < 1.29 is 14.6 Å². The quantitative estimate of drug-likeness (QED) is 0.818. The number of pyridine rings is 1. The molecule has 1 aromatic rings. The fourth-order valence-corrected chi connectivity index (χ4v) is 5.39. The third kappa shape index (κ3) is 2.77. The Morgan fingerprint density at radius 1 is 1.33 bits per heavy atom. The van der Waals surface area contributed by atoms with Gasteiger partial charge in [-0.25, -0.2) is 0 Å². The number of methoxy groups -OCH3 is 1. The van der Waals surface area contributed by atoms with E-state index in [2.05, 4.69) is 11.0 Å². The molecule has 1 N–H and O–H groups in total. The predicted molar refractivity (Wildman–Crippen MR) is 102 cm³/mol. The molecule has 4 rings (SSSR count). The number of fused-ring (bicyclic) bond motifs is 3. The summed E-state index contributed by atoms with van der Waals surface area (Å²) in [5, 5.41) is 10.0. The van der Waals surface area contributed by atoms with Crippen molar-refractivity contribution in [3.8, 4) is 0 Å². The van der Waals surface area contributed by atoms with Crippen molar-refractivity contribution in [2.75, 3.05) is 20.3 Å². The molecule has 0 spiro atoms. The number of hydrogen-bond acceptors (Lipinski definition) is 5. The van der Waals surface area contributed by atoms with E-state index in [4.69, 9.17) is 4.74 Å². The number of allylic oxidation sites excluding steroid dienone is 2. The lowest BCUT2D eigenvalue weighted by Crippen LogP contribution is -2.43. The van der Waals surface area contributed by atoms with E-state index in [9.17, 15) is 14.7 Å². The molecule has 1 aromatic heterocycles. The number of esters is 1. The summed E-state index contributed by atoms with van der Waals surface area (Å²) in [5.41, 5.74) is 3.00. The normalized spacial score (nSPS) is 30.0. The van der Waals surface area contributed by atoms with E-state index in [-0.39, 0.29) is 36.0 Å². The number of aliphatic hydroxyl groups is 1. The minimum absolute atomic E-state index is 0.0293. The highest BCUT2D eigenvalue weighted by molar-refractivity contribution is 5.77. The monoisotopic (exact) mass is 372 g/mol. The van der Waals surface area contributed by atoms with Crippen LogP contribution >= 0.6 is 0 Å². The minimum atomic E-state index is -0.454. The number of ether oxygens (including phenoxy) is 1. The molecule has 0 unspecified atom stereocenters. The summed E-state index contributed by atoms with van der Waals surface area (Å²) in [7, 11) is 1.39. The Morgan fingerprint density at radius 2 is 2.15 bits per heavy atom. The third-order valence-electron chi connectivity index (χ3n) is 6.64. The van der Waals surface area contributed by atoms with Crippen molar-refractivity contribution in [3.63, 3.8) is 0 Å². The summed E-state index contributed by atoms with van der Waals surface area (Å²) in [6.07, 6.45) is 6.53. The average molecular weight is 372 g/mol. The van der Waals surface area contributed by atoms with Gasteiger partial charge in [-0.3, -0.25) is 14.5 Å². The molecule has 3 heterocycles. The molecule has 1 aliphatic carbocycles. The van der Waals surface area contributed by atoms with Crippen LogP contribution in [0.1, 0.15) is 49.9 Å². The van der Waals surface area contributed by atoms with Gasteiger partial charge in [0.2, 0.25) is 0 Å². The zero-order valence-corrected chi connectivity index (χ0v) is 16.1. The molecule has 27 heavy (non-hydrogen) atoms. The van der Waals surface area contributed by atoms with Crippen LogP contribution in [-0.4, -0.2) is 46.8 Å². The fourth-order valence-electron chi connectivity index (χ4n) is 5.39. The van der Waals surface area contributed by atoms with E-state index in [0.29, 0.717) is 13.1 Å². The van der Waals surface area contributed by atoms with Crippen LogP contribution in [0.3, 0.4) is 0 Å². The minimum Gasteiger partial charge on any atom is -0.468 e. The summed E-state index contributed by atoms with van der Waals surface area (Å²) < 4.78 is 6.88. The number of carbonyl (C=O) groups is 1. The highest BCUT2D eigenvalue weighted by Gasteiger charge is 2.55. The van der Waals surface area contributed by atoms with E-state index in [1.807, 2.05) is 23.6 Å². The lowest BCUT2D eigenvalue weighted by molar-refractivity contribution is -0.148. The molecule has 0 aromatic carbocycles. The van der Waals surface area contributed by atoms with Gasteiger partial charge >= 0.3 is 5.97 Å².